The van der Waals surface area contributed by atoms with E-state index < -0.39 is 6.09 Å². The van der Waals surface area contributed by atoms with Gasteiger partial charge in [-0.2, -0.15) is 0 Å². The van der Waals surface area contributed by atoms with Gasteiger partial charge in [-0.15, -0.1) is 11.3 Å². The molecular weight excluding hydrogens is 290 g/mol. The molecule has 1 saturated carbocycles. The molecule has 0 bridgehead atoms. The first-order valence-electron chi connectivity index (χ1n) is 5.44. The minimum absolute atomic E-state index is 0.123. The number of fused-ring (bicyclic) bond motifs is 1. The summed E-state index contributed by atoms with van der Waals surface area (Å²) < 4.78 is 1.12. The van der Waals surface area contributed by atoms with E-state index in [9.17, 15) is 9.90 Å². The van der Waals surface area contributed by atoms with Gasteiger partial charge in [-0.3, -0.25) is 4.90 Å². The summed E-state index contributed by atoms with van der Waals surface area (Å²) in [6.07, 6.45) is 2.42. The Hall–Kier alpha value is -0.550. The summed E-state index contributed by atoms with van der Waals surface area (Å²) in [5, 5.41) is 9.24. The third-order valence-electron chi connectivity index (χ3n) is 3.35. The second-order valence-corrected chi connectivity index (χ2v) is 6.91. The highest BCUT2D eigenvalue weighted by molar-refractivity contribution is 9.11. The quantitative estimate of drug-likeness (QED) is 0.862. The van der Waals surface area contributed by atoms with E-state index in [-0.39, 0.29) is 6.04 Å². The molecule has 1 aliphatic carbocycles. The van der Waals surface area contributed by atoms with E-state index in [1.54, 1.807) is 16.2 Å². The van der Waals surface area contributed by atoms with E-state index in [1.807, 2.05) is 0 Å². The molecule has 0 radical (unpaired) electrons. The van der Waals surface area contributed by atoms with Crippen LogP contribution in [0.1, 0.15) is 29.3 Å². The van der Waals surface area contributed by atoms with Crippen molar-refractivity contribution in [1.82, 2.24) is 4.90 Å². The number of carboxylic acid groups (broad SMARTS) is 1. The first kappa shape index (κ1) is 10.6. The largest absolute Gasteiger partial charge is 0.465 e. The van der Waals surface area contributed by atoms with E-state index in [4.69, 9.17) is 0 Å². The summed E-state index contributed by atoms with van der Waals surface area (Å²) >= 11 is 5.20. The predicted octanol–water partition coefficient (Wildman–Crippen LogP) is 3.50. The minimum Gasteiger partial charge on any atom is -0.465 e. The number of rotatable bonds is 1. The van der Waals surface area contributed by atoms with Crippen molar-refractivity contribution in [1.29, 1.82) is 0 Å². The molecule has 1 amide bonds. The molecule has 1 N–H and O–H groups in total. The van der Waals surface area contributed by atoms with Crippen LogP contribution >= 0.6 is 27.3 Å². The van der Waals surface area contributed by atoms with Crippen LogP contribution in [0.25, 0.3) is 0 Å². The summed E-state index contributed by atoms with van der Waals surface area (Å²) in [7, 11) is 0. The molecule has 0 spiro atoms. The van der Waals surface area contributed by atoms with Gasteiger partial charge in [0.25, 0.3) is 0 Å². The molecule has 16 heavy (non-hydrogen) atoms. The van der Waals surface area contributed by atoms with Crippen molar-refractivity contribution >= 4 is 33.4 Å². The van der Waals surface area contributed by atoms with Gasteiger partial charge in [-0.1, -0.05) is 0 Å². The number of hydrogen-bond acceptors (Lipinski definition) is 2. The predicted molar refractivity (Wildman–Crippen MR) is 65.9 cm³/mol. The highest BCUT2D eigenvalue weighted by atomic mass is 79.9. The van der Waals surface area contributed by atoms with Crippen LogP contribution in [0.2, 0.25) is 0 Å². The highest BCUT2D eigenvalue weighted by Gasteiger charge is 2.42. The van der Waals surface area contributed by atoms with Crippen LogP contribution in [0.4, 0.5) is 4.79 Å². The fourth-order valence-electron chi connectivity index (χ4n) is 2.47. The topological polar surface area (TPSA) is 40.5 Å². The Balaban J connectivity index is 2.01. The van der Waals surface area contributed by atoms with Gasteiger partial charge in [-0.05, 0) is 52.7 Å². The van der Waals surface area contributed by atoms with Gasteiger partial charge in [-0.25, -0.2) is 4.79 Å². The second-order valence-electron chi connectivity index (χ2n) is 4.45. The van der Waals surface area contributed by atoms with Crippen LogP contribution in [0.5, 0.6) is 0 Å². The minimum atomic E-state index is -0.771. The Morgan fingerprint density at radius 3 is 2.94 bits per heavy atom. The van der Waals surface area contributed by atoms with Gasteiger partial charge in [0.05, 0.1) is 9.83 Å². The smallest absolute Gasteiger partial charge is 0.407 e. The number of halogens is 1. The fourth-order valence-corrected chi connectivity index (χ4v) is 4.41. The summed E-state index contributed by atoms with van der Waals surface area (Å²) in [6.45, 7) is 0.646. The summed E-state index contributed by atoms with van der Waals surface area (Å²) in [5.74, 6) is 0.556. The lowest BCUT2D eigenvalue weighted by molar-refractivity contribution is 0.114. The molecule has 3 nitrogen and oxygen atoms in total. The van der Waals surface area contributed by atoms with Gasteiger partial charge in [0.2, 0.25) is 0 Å². The van der Waals surface area contributed by atoms with Crippen LogP contribution in [0, 0.1) is 5.92 Å². The standard InChI is InChI=1S/C11H12BrNO2S/c12-8-5-7-3-4-13(11(14)15)9(6-1-2-6)10(7)16-8/h5-6,9H,1-4H2,(H,14,15). The molecule has 5 heteroatoms. The van der Waals surface area contributed by atoms with Crippen molar-refractivity contribution in [2.75, 3.05) is 6.54 Å². The zero-order valence-electron chi connectivity index (χ0n) is 8.65. The van der Waals surface area contributed by atoms with Crippen molar-refractivity contribution in [2.24, 2.45) is 5.92 Å². The highest BCUT2D eigenvalue weighted by Crippen LogP contribution is 2.50. The van der Waals surface area contributed by atoms with Crippen LogP contribution in [0.3, 0.4) is 0 Å². The molecular formula is C11H12BrNO2S. The maximum Gasteiger partial charge on any atom is 0.407 e. The molecule has 86 valence electrons. The van der Waals surface area contributed by atoms with Crippen molar-refractivity contribution in [2.45, 2.75) is 25.3 Å². The molecule has 1 aromatic rings. The average molecular weight is 302 g/mol. The maximum absolute atomic E-state index is 11.2. The lowest BCUT2D eigenvalue weighted by Crippen LogP contribution is -2.39. The Morgan fingerprint density at radius 1 is 1.56 bits per heavy atom. The van der Waals surface area contributed by atoms with Crippen LogP contribution < -0.4 is 0 Å². The molecule has 1 unspecified atom stereocenters. The Bertz CT molecular complexity index is 441. The van der Waals surface area contributed by atoms with E-state index in [0.717, 1.165) is 10.2 Å². The van der Waals surface area contributed by atoms with Crippen LogP contribution in [-0.4, -0.2) is 22.6 Å². The fraction of sp³-hybridized carbons (Fsp3) is 0.545. The van der Waals surface area contributed by atoms with Crippen molar-refractivity contribution < 1.29 is 9.90 Å². The molecule has 1 aromatic heterocycles. The van der Waals surface area contributed by atoms with Crippen molar-refractivity contribution in [3.63, 3.8) is 0 Å². The molecule has 0 saturated heterocycles. The Kier molecular flexibility index (Phi) is 2.47. The molecule has 2 heterocycles. The van der Waals surface area contributed by atoms with E-state index >= 15 is 0 Å². The lowest BCUT2D eigenvalue weighted by atomic mass is 9.98. The second kappa shape index (κ2) is 3.74. The first-order chi connectivity index (χ1) is 7.66. The molecule has 0 aromatic carbocycles. The number of carbonyl (C=O) groups is 1. The third-order valence-corrected chi connectivity index (χ3v) is 5.10. The van der Waals surface area contributed by atoms with Crippen molar-refractivity contribution in [3.05, 3.63) is 20.3 Å². The van der Waals surface area contributed by atoms with Crippen LogP contribution in [0.15, 0.2) is 9.85 Å². The van der Waals surface area contributed by atoms with Gasteiger partial charge in [0.1, 0.15) is 0 Å². The average Bonchev–Trinajstić information content (AvgIpc) is 2.97. The Labute approximate surface area is 106 Å². The number of hydrogen-bond donors (Lipinski definition) is 1. The first-order valence-corrected chi connectivity index (χ1v) is 7.05. The molecule has 1 fully saturated rings. The van der Waals surface area contributed by atoms with E-state index in [2.05, 4.69) is 22.0 Å². The zero-order chi connectivity index (χ0) is 11.3. The van der Waals surface area contributed by atoms with Crippen LogP contribution in [-0.2, 0) is 6.42 Å². The van der Waals surface area contributed by atoms with Crippen molar-refractivity contribution in [3.8, 4) is 0 Å². The van der Waals surface area contributed by atoms with E-state index in [0.29, 0.717) is 12.5 Å². The molecule has 2 aliphatic rings. The SMILES string of the molecule is O=C(O)N1CCc2cc(Br)sc2C1C1CC1. The van der Waals surface area contributed by atoms with Gasteiger partial charge in [0, 0.05) is 11.4 Å². The summed E-state index contributed by atoms with van der Waals surface area (Å²) in [4.78, 5) is 14.1. The molecule has 1 atom stereocenters. The molecule has 3 rings (SSSR count). The van der Waals surface area contributed by atoms with Gasteiger partial charge >= 0.3 is 6.09 Å². The monoisotopic (exact) mass is 301 g/mol. The summed E-state index contributed by atoms with van der Waals surface area (Å²) in [6, 6.07) is 2.27. The maximum atomic E-state index is 11.2. The third kappa shape index (κ3) is 1.66. The zero-order valence-corrected chi connectivity index (χ0v) is 11.1. The van der Waals surface area contributed by atoms with Gasteiger partial charge < -0.3 is 5.11 Å². The summed E-state index contributed by atoms with van der Waals surface area (Å²) in [5.41, 5.74) is 1.34. The number of nitrogens with zero attached hydrogens (tertiary/aromatic N) is 1. The number of amides is 1. The van der Waals surface area contributed by atoms with E-state index in [1.165, 1.54) is 23.3 Å². The van der Waals surface area contributed by atoms with Gasteiger partial charge in [0.15, 0.2) is 0 Å². The number of thiophene rings is 1. The lowest BCUT2D eigenvalue weighted by Gasteiger charge is -2.33. The normalized spacial score (nSPS) is 24.3. The Morgan fingerprint density at radius 2 is 2.31 bits per heavy atom. The molecule has 1 aliphatic heterocycles.